The summed E-state index contributed by atoms with van der Waals surface area (Å²) < 4.78 is 0. The van der Waals surface area contributed by atoms with Gasteiger partial charge in [-0.1, -0.05) is 35.9 Å². The highest BCUT2D eigenvalue weighted by Crippen LogP contribution is 2.21. The van der Waals surface area contributed by atoms with Crippen molar-refractivity contribution in [2.45, 2.75) is 0 Å². The number of anilines is 3. The van der Waals surface area contributed by atoms with Crippen LogP contribution in [0.15, 0.2) is 72.9 Å². The van der Waals surface area contributed by atoms with Gasteiger partial charge in [0.05, 0.1) is 11.2 Å². The van der Waals surface area contributed by atoms with Crippen molar-refractivity contribution in [3.05, 3.63) is 83.6 Å². The molecule has 0 aliphatic carbocycles. The number of rotatable bonds is 4. The smallest absolute Gasteiger partial charge is 0.276 e. The summed E-state index contributed by atoms with van der Waals surface area (Å²) in [4.78, 5) is 16.8. The van der Waals surface area contributed by atoms with Crippen LogP contribution in [0.2, 0.25) is 5.02 Å². The number of nitrogens with one attached hydrogen (secondary N) is 2. The summed E-state index contributed by atoms with van der Waals surface area (Å²) in [6, 6.07) is 19.9. The van der Waals surface area contributed by atoms with E-state index in [0.717, 1.165) is 16.6 Å². The first-order valence-electron chi connectivity index (χ1n) is 8.20. The van der Waals surface area contributed by atoms with Gasteiger partial charge in [-0.05, 0) is 42.5 Å². The quantitative estimate of drug-likeness (QED) is 0.541. The Hall–Kier alpha value is -3.51. The van der Waals surface area contributed by atoms with E-state index >= 15 is 0 Å². The number of carbonyl (C=O) groups is 1. The lowest BCUT2D eigenvalue weighted by Crippen LogP contribution is -2.15. The predicted molar refractivity (Wildman–Crippen MR) is 106 cm³/mol. The number of hydrogen-bond donors (Lipinski definition) is 2. The van der Waals surface area contributed by atoms with Crippen LogP contribution in [0.3, 0.4) is 0 Å². The fraction of sp³-hybridized carbons (Fsp3) is 0. The van der Waals surface area contributed by atoms with Gasteiger partial charge in [-0.3, -0.25) is 9.78 Å². The molecule has 2 heterocycles. The number of nitrogens with zero attached hydrogens (tertiary/aromatic N) is 3. The molecule has 0 aliphatic heterocycles. The Morgan fingerprint density at radius 2 is 1.78 bits per heavy atom. The van der Waals surface area contributed by atoms with Crippen molar-refractivity contribution in [2.75, 3.05) is 10.6 Å². The molecule has 27 heavy (non-hydrogen) atoms. The maximum Gasteiger partial charge on any atom is 0.276 e. The fourth-order valence-electron chi connectivity index (χ4n) is 2.63. The molecular weight excluding hydrogens is 362 g/mol. The Labute approximate surface area is 160 Å². The molecule has 0 fully saturated rings. The molecule has 1 amide bonds. The third kappa shape index (κ3) is 3.86. The number of carbonyl (C=O) groups excluding carboxylic acids is 1. The molecule has 0 unspecified atom stereocenters. The third-order valence-corrected chi connectivity index (χ3v) is 4.11. The van der Waals surface area contributed by atoms with E-state index in [0.29, 0.717) is 16.5 Å². The number of halogens is 1. The van der Waals surface area contributed by atoms with Crippen LogP contribution < -0.4 is 10.6 Å². The molecule has 4 rings (SSSR count). The Bertz CT molecular complexity index is 1110. The van der Waals surface area contributed by atoms with E-state index in [9.17, 15) is 4.79 Å². The molecule has 6 nitrogen and oxygen atoms in total. The van der Waals surface area contributed by atoms with Crippen molar-refractivity contribution in [3.63, 3.8) is 0 Å². The van der Waals surface area contributed by atoms with Gasteiger partial charge >= 0.3 is 0 Å². The minimum atomic E-state index is -0.352. The lowest BCUT2D eigenvalue weighted by molar-refractivity contribution is 0.102. The zero-order chi connectivity index (χ0) is 18.6. The molecule has 7 heteroatoms. The maximum absolute atomic E-state index is 12.5. The average Bonchev–Trinajstić information content (AvgIpc) is 2.69. The van der Waals surface area contributed by atoms with Gasteiger partial charge in [0.25, 0.3) is 5.91 Å². The van der Waals surface area contributed by atoms with Crippen LogP contribution in [0.4, 0.5) is 17.2 Å². The molecule has 0 aliphatic rings. The second-order valence-electron chi connectivity index (χ2n) is 5.77. The van der Waals surface area contributed by atoms with E-state index in [2.05, 4.69) is 25.8 Å². The molecule has 0 bridgehead atoms. The molecule has 132 valence electrons. The van der Waals surface area contributed by atoms with Crippen molar-refractivity contribution in [1.82, 2.24) is 15.2 Å². The van der Waals surface area contributed by atoms with Gasteiger partial charge in [0, 0.05) is 22.3 Å². The van der Waals surface area contributed by atoms with Gasteiger partial charge in [0.2, 0.25) is 0 Å². The van der Waals surface area contributed by atoms with Crippen molar-refractivity contribution in [1.29, 1.82) is 0 Å². The summed E-state index contributed by atoms with van der Waals surface area (Å²) in [6.07, 6.45) is 1.69. The molecule has 0 saturated carbocycles. The van der Waals surface area contributed by atoms with Crippen LogP contribution >= 0.6 is 11.6 Å². The molecular formula is C20H14ClN5O. The van der Waals surface area contributed by atoms with Crippen LogP contribution in [0, 0.1) is 0 Å². The van der Waals surface area contributed by atoms with E-state index in [1.165, 1.54) is 0 Å². The second-order valence-corrected chi connectivity index (χ2v) is 6.21. The standard InChI is InChI=1S/C20H14ClN5O/c21-14-6-2-7-15(12-14)23-18-10-9-17(25-26-18)20(27)24-16-8-1-4-13-5-3-11-22-19(13)16/h1-12H,(H,23,26)(H,24,27). The van der Waals surface area contributed by atoms with Crippen molar-refractivity contribution in [2.24, 2.45) is 0 Å². The SMILES string of the molecule is O=C(Nc1cccc2cccnc12)c1ccc(Nc2cccc(Cl)c2)nn1. The average molecular weight is 376 g/mol. The lowest BCUT2D eigenvalue weighted by atomic mass is 10.2. The third-order valence-electron chi connectivity index (χ3n) is 3.88. The van der Waals surface area contributed by atoms with E-state index < -0.39 is 0 Å². The molecule has 2 aromatic carbocycles. The van der Waals surface area contributed by atoms with Crippen LogP contribution in [0.25, 0.3) is 10.9 Å². The normalized spacial score (nSPS) is 10.6. The Balaban J connectivity index is 1.51. The largest absolute Gasteiger partial charge is 0.339 e. The highest BCUT2D eigenvalue weighted by molar-refractivity contribution is 6.30. The Kier molecular flexibility index (Phi) is 4.63. The molecule has 0 spiro atoms. The molecule has 4 aromatic rings. The molecule has 0 radical (unpaired) electrons. The number of amides is 1. The minimum Gasteiger partial charge on any atom is -0.339 e. The fourth-order valence-corrected chi connectivity index (χ4v) is 2.82. The maximum atomic E-state index is 12.5. The summed E-state index contributed by atoms with van der Waals surface area (Å²) in [7, 11) is 0. The van der Waals surface area contributed by atoms with Crippen LogP contribution in [0.5, 0.6) is 0 Å². The number of aromatic nitrogens is 3. The first-order chi connectivity index (χ1) is 13.2. The Morgan fingerprint density at radius 1 is 0.926 bits per heavy atom. The second kappa shape index (κ2) is 7.39. The number of benzene rings is 2. The van der Waals surface area contributed by atoms with Crippen molar-refractivity contribution in [3.8, 4) is 0 Å². The number of para-hydroxylation sites is 1. The monoisotopic (exact) mass is 375 g/mol. The zero-order valence-corrected chi connectivity index (χ0v) is 14.8. The van der Waals surface area contributed by atoms with E-state index in [4.69, 9.17) is 11.6 Å². The molecule has 2 N–H and O–H groups in total. The van der Waals surface area contributed by atoms with E-state index in [-0.39, 0.29) is 11.6 Å². The van der Waals surface area contributed by atoms with E-state index in [1.54, 1.807) is 36.5 Å². The van der Waals surface area contributed by atoms with Crippen LogP contribution in [-0.4, -0.2) is 21.1 Å². The van der Waals surface area contributed by atoms with Gasteiger partial charge in [0.15, 0.2) is 11.5 Å². The van der Waals surface area contributed by atoms with Gasteiger partial charge in [-0.15, -0.1) is 10.2 Å². The minimum absolute atomic E-state index is 0.208. The lowest BCUT2D eigenvalue weighted by Gasteiger charge is -2.08. The number of pyridine rings is 1. The Morgan fingerprint density at radius 3 is 2.59 bits per heavy atom. The molecule has 0 atom stereocenters. The molecule has 2 aromatic heterocycles. The number of fused-ring (bicyclic) bond motifs is 1. The first kappa shape index (κ1) is 16.9. The van der Waals surface area contributed by atoms with Crippen molar-refractivity contribution < 1.29 is 4.79 Å². The summed E-state index contributed by atoms with van der Waals surface area (Å²) in [5.41, 5.74) is 2.34. The van der Waals surface area contributed by atoms with Crippen molar-refractivity contribution >= 4 is 45.6 Å². The van der Waals surface area contributed by atoms with Gasteiger partial charge in [-0.2, -0.15) is 0 Å². The predicted octanol–water partition coefficient (Wildman–Crippen LogP) is 4.67. The highest BCUT2D eigenvalue weighted by Gasteiger charge is 2.11. The summed E-state index contributed by atoms with van der Waals surface area (Å²) >= 11 is 5.96. The molecule has 0 saturated heterocycles. The summed E-state index contributed by atoms with van der Waals surface area (Å²) in [5, 5.41) is 15.5. The van der Waals surface area contributed by atoms with Gasteiger partial charge in [0.1, 0.15) is 0 Å². The van der Waals surface area contributed by atoms with Gasteiger partial charge < -0.3 is 10.6 Å². The van der Waals surface area contributed by atoms with Crippen LogP contribution in [0.1, 0.15) is 10.5 Å². The summed E-state index contributed by atoms with van der Waals surface area (Å²) in [6.45, 7) is 0. The number of hydrogen-bond acceptors (Lipinski definition) is 5. The zero-order valence-electron chi connectivity index (χ0n) is 14.1. The summed E-state index contributed by atoms with van der Waals surface area (Å²) in [5.74, 6) is 0.163. The topological polar surface area (TPSA) is 79.8 Å². The van der Waals surface area contributed by atoms with Crippen LogP contribution in [-0.2, 0) is 0 Å². The van der Waals surface area contributed by atoms with E-state index in [1.807, 2.05) is 36.4 Å². The first-order valence-corrected chi connectivity index (χ1v) is 8.58. The highest BCUT2D eigenvalue weighted by atomic mass is 35.5. The van der Waals surface area contributed by atoms with Gasteiger partial charge in [-0.25, -0.2) is 0 Å².